The Kier molecular flexibility index (Phi) is 7.68. The maximum Gasteiger partial charge on any atom is 0.255 e. The van der Waals surface area contributed by atoms with Gasteiger partial charge in [-0.25, -0.2) is 4.98 Å². The number of carbonyl (C=O) groups is 1. The molecule has 156 valence electrons. The van der Waals surface area contributed by atoms with E-state index in [9.17, 15) is 4.79 Å². The SMILES string of the molecule is COCC1CCCN(C(=O)c2ccc(N3CCCN(CC(C)C)CC3)nc2)C1. The molecule has 28 heavy (non-hydrogen) atoms. The van der Waals surface area contributed by atoms with E-state index in [0.717, 1.165) is 77.5 Å². The number of nitrogens with zero attached hydrogens (tertiary/aromatic N) is 4. The number of anilines is 1. The number of aromatic nitrogens is 1. The van der Waals surface area contributed by atoms with Crippen molar-refractivity contribution in [3.05, 3.63) is 23.9 Å². The fourth-order valence-corrected chi connectivity index (χ4v) is 4.40. The summed E-state index contributed by atoms with van der Waals surface area (Å²) in [6, 6.07) is 3.96. The Morgan fingerprint density at radius 2 is 2.04 bits per heavy atom. The van der Waals surface area contributed by atoms with Gasteiger partial charge in [-0.3, -0.25) is 4.79 Å². The molecular weight excluding hydrogens is 352 g/mol. The molecule has 2 aliphatic heterocycles. The van der Waals surface area contributed by atoms with Crippen LogP contribution in [0, 0.1) is 11.8 Å². The number of amides is 1. The zero-order valence-electron chi connectivity index (χ0n) is 17.8. The van der Waals surface area contributed by atoms with Crippen LogP contribution in [0.25, 0.3) is 0 Å². The van der Waals surface area contributed by atoms with E-state index < -0.39 is 0 Å². The molecule has 1 atom stereocenters. The first-order valence-corrected chi connectivity index (χ1v) is 10.8. The van der Waals surface area contributed by atoms with Crippen molar-refractivity contribution in [2.24, 2.45) is 11.8 Å². The highest BCUT2D eigenvalue weighted by atomic mass is 16.5. The summed E-state index contributed by atoms with van der Waals surface area (Å²) < 4.78 is 5.28. The van der Waals surface area contributed by atoms with E-state index >= 15 is 0 Å². The van der Waals surface area contributed by atoms with Crippen molar-refractivity contribution in [3.63, 3.8) is 0 Å². The number of likely N-dealkylation sites (tertiary alicyclic amines) is 1. The van der Waals surface area contributed by atoms with Crippen LogP contribution in [0.1, 0.15) is 43.5 Å². The van der Waals surface area contributed by atoms with Crippen LogP contribution in [0.15, 0.2) is 18.3 Å². The van der Waals surface area contributed by atoms with Gasteiger partial charge in [-0.05, 0) is 49.8 Å². The second kappa shape index (κ2) is 10.2. The second-order valence-electron chi connectivity index (χ2n) is 8.65. The van der Waals surface area contributed by atoms with Gasteiger partial charge in [0.25, 0.3) is 5.91 Å². The lowest BCUT2D eigenvalue weighted by atomic mass is 9.98. The summed E-state index contributed by atoms with van der Waals surface area (Å²) in [5.74, 6) is 2.23. The minimum Gasteiger partial charge on any atom is -0.384 e. The number of hydrogen-bond donors (Lipinski definition) is 0. The highest BCUT2D eigenvalue weighted by molar-refractivity contribution is 5.94. The van der Waals surface area contributed by atoms with Gasteiger partial charge in [-0.1, -0.05) is 13.8 Å². The molecule has 2 aliphatic rings. The Morgan fingerprint density at radius 3 is 2.75 bits per heavy atom. The summed E-state index contributed by atoms with van der Waals surface area (Å²) in [5.41, 5.74) is 0.693. The molecule has 0 bridgehead atoms. The summed E-state index contributed by atoms with van der Waals surface area (Å²) >= 11 is 0. The number of rotatable bonds is 6. The Balaban J connectivity index is 1.58. The first-order valence-electron chi connectivity index (χ1n) is 10.8. The average molecular weight is 389 g/mol. The zero-order valence-corrected chi connectivity index (χ0v) is 17.8. The minimum absolute atomic E-state index is 0.0961. The lowest BCUT2D eigenvalue weighted by Gasteiger charge is -2.32. The summed E-state index contributed by atoms with van der Waals surface area (Å²) in [4.78, 5) is 24.4. The van der Waals surface area contributed by atoms with Crippen molar-refractivity contribution >= 4 is 11.7 Å². The maximum atomic E-state index is 12.9. The molecule has 0 aliphatic carbocycles. The molecule has 6 heteroatoms. The summed E-state index contributed by atoms with van der Waals surface area (Å²) in [6.45, 7) is 12.3. The van der Waals surface area contributed by atoms with E-state index in [1.807, 2.05) is 17.0 Å². The smallest absolute Gasteiger partial charge is 0.255 e. The number of hydrogen-bond acceptors (Lipinski definition) is 5. The normalized spacial score (nSPS) is 21.8. The third kappa shape index (κ3) is 5.67. The highest BCUT2D eigenvalue weighted by Gasteiger charge is 2.25. The third-order valence-corrected chi connectivity index (χ3v) is 5.74. The molecule has 1 unspecified atom stereocenters. The topological polar surface area (TPSA) is 48.9 Å². The standard InChI is InChI=1S/C22H36N4O2/c1-18(2)15-24-9-5-11-25(13-12-24)21-8-7-20(14-23-21)22(27)26-10-4-6-19(16-26)17-28-3/h7-8,14,18-19H,4-6,9-13,15-17H2,1-3H3. The molecule has 2 saturated heterocycles. The molecule has 6 nitrogen and oxygen atoms in total. The third-order valence-electron chi connectivity index (χ3n) is 5.74. The van der Waals surface area contributed by atoms with E-state index in [2.05, 4.69) is 28.6 Å². The Morgan fingerprint density at radius 1 is 1.18 bits per heavy atom. The van der Waals surface area contributed by atoms with Gasteiger partial charge in [0.1, 0.15) is 5.82 Å². The molecule has 0 N–H and O–H groups in total. The number of piperidine rings is 1. The van der Waals surface area contributed by atoms with E-state index in [1.54, 1.807) is 13.3 Å². The van der Waals surface area contributed by atoms with E-state index in [1.165, 1.54) is 0 Å². The van der Waals surface area contributed by atoms with Crippen molar-refractivity contribution in [1.82, 2.24) is 14.8 Å². The molecule has 3 rings (SSSR count). The van der Waals surface area contributed by atoms with Crippen LogP contribution in [0.2, 0.25) is 0 Å². The molecule has 0 spiro atoms. The van der Waals surface area contributed by atoms with Gasteiger partial charge in [-0.2, -0.15) is 0 Å². The van der Waals surface area contributed by atoms with Gasteiger partial charge in [0.2, 0.25) is 0 Å². The van der Waals surface area contributed by atoms with E-state index in [4.69, 9.17) is 4.74 Å². The Labute approximate surface area is 169 Å². The quantitative estimate of drug-likeness (QED) is 0.750. The zero-order chi connectivity index (χ0) is 19.9. The summed E-state index contributed by atoms with van der Waals surface area (Å²) in [5, 5.41) is 0. The van der Waals surface area contributed by atoms with Crippen LogP contribution in [0.3, 0.4) is 0 Å². The second-order valence-corrected chi connectivity index (χ2v) is 8.65. The lowest BCUT2D eigenvalue weighted by Crippen LogP contribution is -2.41. The average Bonchev–Trinajstić information content (AvgIpc) is 2.93. The van der Waals surface area contributed by atoms with Gasteiger partial charge in [-0.15, -0.1) is 0 Å². The fraction of sp³-hybridized carbons (Fsp3) is 0.727. The monoisotopic (exact) mass is 388 g/mol. The molecule has 1 aromatic rings. The van der Waals surface area contributed by atoms with Crippen LogP contribution in [0.5, 0.6) is 0 Å². The Hall–Kier alpha value is -1.66. The number of methoxy groups -OCH3 is 1. The van der Waals surface area contributed by atoms with Gasteiger partial charge in [0, 0.05) is 52.6 Å². The van der Waals surface area contributed by atoms with Crippen molar-refractivity contribution in [2.75, 3.05) is 64.4 Å². The molecule has 3 heterocycles. The first kappa shape index (κ1) is 21.1. The molecule has 0 saturated carbocycles. The van der Waals surface area contributed by atoms with Crippen molar-refractivity contribution in [1.29, 1.82) is 0 Å². The molecule has 1 amide bonds. The van der Waals surface area contributed by atoms with E-state index in [-0.39, 0.29) is 5.91 Å². The number of carbonyl (C=O) groups excluding carboxylic acids is 1. The van der Waals surface area contributed by atoms with Crippen LogP contribution < -0.4 is 4.90 Å². The lowest BCUT2D eigenvalue weighted by molar-refractivity contribution is 0.0570. The molecule has 0 radical (unpaired) electrons. The largest absolute Gasteiger partial charge is 0.384 e. The van der Waals surface area contributed by atoms with Gasteiger partial charge >= 0.3 is 0 Å². The van der Waals surface area contributed by atoms with E-state index in [0.29, 0.717) is 17.4 Å². The number of ether oxygens (including phenoxy) is 1. The summed E-state index contributed by atoms with van der Waals surface area (Å²) in [7, 11) is 1.73. The summed E-state index contributed by atoms with van der Waals surface area (Å²) in [6.07, 6.45) is 5.10. The van der Waals surface area contributed by atoms with Crippen LogP contribution >= 0.6 is 0 Å². The van der Waals surface area contributed by atoms with Crippen LogP contribution in [-0.2, 0) is 4.74 Å². The van der Waals surface area contributed by atoms with Crippen molar-refractivity contribution < 1.29 is 9.53 Å². The minimum atomic E-state index is 0.0961. The van der Waals surface area contributed by atoms with Crippen molar-refractivity contribution in [2.45, 2.75) is 33.1 Å². The first-order chi connectivity index (χ1) is 13.6. The van der Waals surface area contributed by atoms with Crippen LogP contribution in [0.4, 0.5) is 5.82 Å². The predicted octanol–water partition coefficient (Wildman–Crippen LogP) is 2.75. The number of pyridine rings is 1. The highest BCUT2D eigenvalue weighted by Crippen LogP contribution is 2.20. The predicted molar refractivity (Wildman–Crippen MR) is 113 cm³/mol. The van der Waals surface area contributed by atoms with Gasteiger partial charge < -0.3 is 19.4 Å². The van der Waals surface area contributed by atoms with Gasteiger partial charge in [0.05, 0.1) is 12.2 Å². The molecule has 1 aromatic heterocycles. The molecule has 2 fully saturated rings. The van der Waals surface area contributed by atoms with Gasteiger partial charge in [0.15, 0.2) is 0 Å². The maximum absolute atomic E-state index is 12.9. The molecule has 0 aromatic carbocycles. The Bertz CT molecular complexity index is 617. The van der Waals surface area contributed by atoms with Crippen LogP contribution in [-0.4, -0.2) is 80.2 Å². The van der Waals surface area contributed by atoms with Crippen molar-refractivity contribution in [3.8, 4) is 0 Å². The molecular formula is C22H36N4O2. The fourth-order valence-electron chi connectivity index (χ4n) is 4.40.